The molecule has 1 saturated heterocycles. The number of rotatable bonds is 1. The summed E-state index contributed by atoms with van der Waals surface area (Å²) in [6.45, 7) is 10.5. The van der Waals surface area contributed by atoms with Gasteiger partial charge >= 0.3 is 0 Å². The van der Waals surface area contributed by atoms with E-state index in [0.717, 1.165) is 12.5 Å². The third kappa shape index (κ3) is 1.54. The van der Waals surface area contributed by atoms with Crippen LogP contribution in [0.1, 0.15) is 59.8 Å². The Labute approximate surface area is 106 Å². The molecule has 1 aliphatic heterocycles. The summed E-state index contributed by atoms with van der Waals surface area (Å²) in [5.74, 6) is 0.803. The molecule has 2 bridgehead atoms. The van der Waals surface area contributed by atoms with Gasteiger partial charge in [0.25, 0.3) is 0 Å². The molecule has 1 nitrogen and oxygen atoms in total. The van der Waals surface area contributed by atoms with E-state index in [-0.39, 0.29) is 5.60 Å². The molecule has 2 fully saturated rings. The standard InChI is InChI=1S/C16H26O/c1-12-6-7-13(14(12,2)3)16-9-5-8-15(4,10-16)17-11-16/h6,13H,5,7-11H2,1-4H3. The fourth-order valence-electron chi connectivity index (χ4n) is 4.84. The monoisotopic (exact) mass is 234 g/mol. The molecule has 0 aromatic rings. The lowest BCUT2D eigenvalue weighted by Gasteiger charge is -2.46. The van der Waals surface area contributed by atoms with Crippen LogP contribution in [0.4, 0.5) is 0 Å². The minimum absolute atomic E-state index is 0.199. The lowest BCUT2D eigenvalue weighted by molar-refractivity contribution is 0.0143. The Morgan fingerprint density at radius 2 is 2.00 bits per heavy atom. The van der Waals surface area contributed by atoms with Crippen molar-refractivity contribution < 1.29 is 4.74 Å². The SMILES string of the molecule is CC1=CCC(C23CCCC(C)(C2)OC3)C1(C)C. The van der Waals surface area contributed by atoms with Gasteiger partial charge in [-0.1, -0.05) is 25.5 Å². The summed E-state index contributed by atoms with van der Waals surface area (Å²) in [6, 6.07) is 0. The predicted molar refractivity (Wildman–Crippen MR) is 70.9 cm³/mol. The maximum atomic E-state index is 6.19. The molecule has 96 valence electrons. The first-order chi connectivity index (χ1) is 7.88. The van der Waals surface area contributed by atoms with E-state index in [4.69, 9.17) is 4.74 Å². The molecule has 1 heteroatoms. The summed E-state index contributed by atoms with van der Waals surface area (Å²) in [7, 11) is 0. The van der Waals surface area contributed by atoms with Crippen LogP contribution in [0, 0.1) is 16.7 Å². The number of hydrogen-bond donors (Lipinski definition) is 0. The molecule has 1 saturated carbocycles. The van der Waals surface area contributed by atoms with E-state index in [1.807, 2.05) is 0 Å². The second-order valence-electron chi connectivity index (χ2n) is 7.53. The highest BCUT2D eigenvalue weighted by Crippen LogP contribution is 2.61. The molecule has 0 aromatic heterocycles. The quantitative estimate of drug-likeness (QED) is 0.614. The zero-order valence-electron chi connectivity index (χ0n) is 11.8. The Kier molecular flexibility index (Phi) is 2.34. The molecular formula is C16H26O. The second kappa shape index (κ2) is 3.38. The van der Waals surface area contributed by atoms with Crippen LogP contribution >= 0.6 is 0 Å². The summed E-state index contributed by atoms with van der Waals surface area (Å²) in [6.07, 6.45) is 9.07. The molecule has 0 N–H and O–H groups in total. The van der Waals surface area contributed by atoms with Crippen LogP contribution in [0.25, 0.3) is 0 Å². The number of hydrogen-bond acceptors (Lipinski definition) is 1. The molecule has 0 amide bonds. The second-order valence-corrected chi connectivity index (χ2v) is 7.53. The van der Waals surface area contributed by atoms with E-state index in [0.29, 0.717) is 10.8 Å². The van der Waals surface area contributed by atoms with Gasteiger partial charge in [-0.2, -0.15) is 0 Å². The van der Waals surface area contributed by atoms with Gasteiger partial charge in [0.1, 0.15) is 0 Å². The van der Waals surface area contributed by atoms with Crippen molar-refractivity contribution >= 4 is 0 Å². The summed E-state index contributed by atoms with van der Waals surface area (Å²) in [4.78, 5) is 0. The van der Waals surface area contributed by atoms with Crippen molar-refractivity contribution in [2.24, 2.45) is 16.7 Å². The van der Waals surface area contributed by atoms with Gasteiger partial charge in [-0.05, 0) is 57.3 Å². The van der Waals surface area contributed by atoms with Gasteiger partial charge < -0.3 is 4.74 Å². The van der Waals surface area contributed by atoms with Crippen molar-refractivity contribution in [3.05, 3.63) is 11.6 Å². The minimum Gasteiger partial charge on any atom is -0.375 e. The normalized spacial score (nSPS) is 48.2. The van der Waals surface area contributed by atoms with Crippen molar-refractivity contribution in [2.45, 2.75) is 65.4 Å². The molecule has 0 spiro atoms. The van der Waals surface area contributed by atoms with Crippen LogP contribution in [-0.2, 0) is 4.74 Å². The average molecular weight is 234 g/mol. The van der Waals surface area contributed by atoms with Crippen molar-refractivity contribution in [1.82, 2.24) is 0 Å². The molecule has 2 aliphatic carbocycles. The fraction of sp³-hybridized carbons (Fsp3) is 0.875. The van der Waals surface area contributed by atoms with Crippen molar-refractivity contribution in [3.8, 4) is 0 Å². The van der Waals surface area contributed by atoms with Crippen molar-refractivity contribution in [2.75, 3.05) is 6.61 Å². The summed E-state index contributed by atoms with van der Waals surface area (Å²) in [5, 5.41) is 0. The van der Waals surface area contributed by atoms with Crippen molar-refractivity contribution in [1.29, 1.82) is 0 Å². The Balaban J connectivity index is 1.91. The first-order valence-electron chi connectivity index (χ1n) is 7.19. The van der Waals surface area contributed by atoms with E-state index in [1.165, 1.54) is 32.1 Å². The first kappa shape index (κ1) is 11.8. The molecular weight excluding hydrogens is 208 g/mol. The predicted octanol–water partition coefficient (Wildman–Crippen LogP) is 4.33. The zero-order chi connectivity index (χ0) is 12.3. The van der Waals surface area contributed by atoms with Crippen LogP contribution < -0.4 is 0 Å². The highest BCUT2D eigenvalue weighted by molar-refractivity contribution is 5.22. The van der Waals surface area contributed by atoms with Gasteiger partial charge in [0.15, 0.2) is 0 Å². The number of fused-ring (bicyclic) bond motifs is 2. The van der Waals surface area contributed by atoms with E-state index in [2.05, 4.69) is 33.8 Å². The van der Waals surface area contributed by atoms with E-state index in [9.17, 15) is 0 Å². The van der Waals surface area contributed by atoms with Gasteiger partial charge in [0, 0.05) is 5.41 Å². The smallest absolute Gasteiger partial charge is 0.0661 e. The molecule has 3 atom stereocenters. The van der Waals surface area contributed by atoms with E-state index < -0.39 is 0 Å². The summed E-state index contributed by atoms with van der Waals surface area (Å²) >= 11 is 0. The molecule has 3 unspecified atom stereocenters. The Morgan fingerprint density at radius 3 is 2.65 bits per heavy atom. The van der Waals surface area contributed by atoms with Crippen LogP contribution in [-0.4, -0.2) is 12.2 Å². The lowest BCUT2D eigenvalue weighted by atomic mass is 9.57. The zero-order valence-corrected chi connectivity index (χ0v) is 11.8. The van der Waals surface area contributed by atoms with E-state index in [1.54, 1.807) is 5.57 Å². The molecule has 3 rings (SSSR count). The molecule has 1 heterocycles. The molecule has 0 radical (unpaired) electrons. The van der Waals surface area contributed by atoms with Gasteiger partial charge in [0.2, 0.25) is 0 Å². The molecule has 17 heavy (non-hydrogen) atoms. The largest absolute Gasteiger partial charge is 0.375 e. The summed E-state index contributed by atoms with van der Waals surface area (Å²) in [5.41, 5.74) is 2.65. The van der Waals surface area contributed by atoms with Gasteiger partial charge in [0.05, 0.1) is 12.2 Å². The van der Waals surface area contributed by atoms with Crippen LogP contribution in [0.2, 0.25) is 0 Å². The van der Waals surface area contributed by atoms with E-state index >= 15 is 0 Å². The fourth-order valence-corrected chi connectivity index (χ4v) is 4.84. The molecule has 0 aromatic carbocycles. The highest BCUT2D eigenvalue weighted by atomic mass is 16.5. The van der Waals surface area contributed by atoms with Crippen LogP contribution in [0.3, 0.4) is 0 Å². The third-order valence-corrected chi connectivity index (χ3v) is 6.10. The van der Waals surface area contributed by atoms with Gasteiger partial charge in [-0.25, -0.2) is 0 Å². The molecule has 3 aliphatic rings. The Hall–Kier alpha value is -0.300. The van der Waals surface area contributed by atoms with Crippen molar-refractivity contribution in [3.63, 3.8) is 0 Å². The maximum absolute atomic E-state index is 6.19. The summed E-state index contributed by atoms with van der Waals surface area (Å²) < 4.78 is 6.19. The minimum atomic E-state index is 0.199. The van der Waals surface area contributed by atoms with Crippen LogP contribution in [0.5, 0.6) is 0 Å². The lowest BCUT2D eigenvalue weighted by Crippen LogP contribution is -2.41. The Bertz CT molecular complexity index is 368. The van der Waals surface area contributed by atoms with Gasteiger partial charge in [-0.15, -0.1) is 0 Å². The average Bonchev–Trinajstić information content (AvgIpc) is 2.64. The maximum Gasteiger partial charge on any atom is 0.0661 e. The third-order valence-electron chi connectivity index (χ3n) is 6.10. The van der Waals surface area contributed by atoms with Gasteiger partial charge in [-0.3, -0.25) is 0 Å². The topological polar surface area (TPSA) is 9.23 Å². The Morgan fingerprint density at radius 1 is 1.24 bits per heavy atom. The van der Waals surface area contributed by atoms with Crippen LogP contribution in [0.15, 0.2) is 11.6 Å². The number of allylic oxidation sites excluding steroid dienone is 2. The number of ether oxygens (including phenoxy) is 1. The first-order valence-corrected chi connectivity index (χ1v) is 7.19. The highest BCUT2D eigenvalue weighted by Gasteiger charge is 2.57.